The van der Waals surface area contributed by atoms with E-state index in [4.69, 9.17) is 5.73 Å². The Kier molecular flexibility index (Phi) is 5.78. The molecule has 7 heteroatoms. The molecule has 7 nitrogen and oxygen atoms in total. The SMILES string of the molecule is Cc1cccnc1C(=O)N1CCC[C@H](N(C)Cc2nccc(N)n2)CC1. The normalized spacial score (nSPS) is 18.0. The number of hydrogen-bond acceptors (Lipinski definition) is 6. The van der Waals surface area contributed by atoms with Crippen molar-refractivity contribution in [1.29, 1.82) is 0 Å². The van der Waals surface area contributed by atoms with E-state index in [2.05, 4.69) is 26.9 Å². The molecule has 0 spiro atoms. The van der Waals surface area contributed by atoms with Gasteiger partial charge < -0.3 is 10.6 Å². The molecule has 0 unspecified atom stereocenters. The third kappa shape index (κ3) is 4.35. The maximum Gasteiger partial charge on any atom is 0.272 e. The number of nitrogen functional groups attached to an aromatic ring is 1. The number of aromatic nitrogens is 3. The lowest BCUT2D eigenvalue weighted by atomic mass is 10.1. The highest BCUT2D eigenvalue weighted by molar-refractivity contribution is 5.93. The predicted octanol–water partition coefficient (Wildman–Crippen LogP) is 1.89. The van der Waals surface area contributed by atoms with Crippen LogP contribution in [0, 0.1) is 6.92 Å². The van der Waals surface area contributed by atoms with E-state index in [0.29, 0.717) is 24.1 Å². The first kappa shape index (κ1) is 18.3. The van der Waals surface area contributed by atoms with Gasteiger partial charge in [-0.05, 0) is 50.9 Å². The average Bonchev–Trinajstić information content (AvgIpc) is 2.88. The summed E-state index contributed by atoms with van der Waals surface area (Å²) in [5.41, 5.74) is 7.22. The summed E-state index contributed by atoms with van der Waals surface area (Å²) < 4.78 is 0. The van der Waals surface area contributed by atoms with Crippen LogP contribution >= 0.6 is 0 Å². The van der Waals surface area contributed by atoms with Gasteiger partial charge in [-0.1, -0.05) is 6.07 Å². The van der Waals surface area contributed by atoms with E-state index in [1.54, 1.807) is 18.5 Å². The van der Waals surface area contributed by atoms with E-state index in [-0.39, 0.29) is 5.91 Å². The predicted molar refractivity (Wildman–Crippen MR) is 100 cm³/mol. The number of hydrogen-bond donors (Lipinski definition) is 1. The van der Waals surface area contributed by atoms with Crippen molar-refractivity contribution >= 4 is 11.7 Å². The molecule has 1 atom stereocenters. The molecule has 2 aromatic rings. The first-order valence-corrected chi connectivity index (χ1v) is 9.03. The molecular formula is C19H26N6O. The Hall–Kier alpha value is -2.54. The number of rotatable bonds is 4. The fourth-order valence-corrected chi connectivity index (χ4v) is 3.43. The van der Waals surface area contributed by atoms with Gasteiger partial charge in [0.25, 0.3) is 5.91 Å². The van der Waals surface area contributed by atoms with Crippen molar-refractivity contribution in [3.05, 3.63) is 47.7 Å². The van der Waals surface area contributed by atoms with Gasteiger partial charge in [0.2, 0.25) is 0 Å². The maximum absolute atomic E-state index is 12.8. The van der Waals surface area contributed by atoms with Crippen LogP contribution in [-0.2, 0) is 6.54 Å². The quantitative estimate of drug-likeness (QED) is 0.902. The molecule has 1 aliphatic heterocycles. The van der Waals surface area contributed by atoms with E-state index in [1.165, 1.54) is 0 Å². The van der Waals surface area contributed by atoms with E-state index >= 15 is 0 Å². The zero-order chi connectivity index (χ0) is 18.5. The minimum Gasteiger partial charge on any atom is -0.384 e. The highest BCUT2D eigenvalue weighted by atomic mass is 16.2. The smallest absolute Gasteiger partial charge is 0.272 e. The second-order valence-corrected chi connectivity index (χ2v) is 6.86. The minimum atomic E-state index is 0.0329. The van der Waals surface area contributed by atoms with E-state index < -0.39 is 0 Å². The number of carbonyl (C=O) groups is 1. The van der Waals surface area contributed by atoms with Crippen molar-refractivity contribution in [2.75, 3.05) is 25.9 Å². The number of aryl methyl sites for hydroxylation is 1. The lowest BCUT2D eigenvalue weighted by molar-refractivity contribution is 0.0750. The summed E-state index contributed by atoms with van der Waals surface area (Å²) in [6, 6.07) is 5.87. The number of likely N-dealkylation sites (tertiary alicyclic amines) is 1. The molecular weight excluding hydrogens is 328 g/mol. The third-order valence-electron chi connectivity index (χ3n) is 4.94. The van der Waals surface area contributed by atoms with Crippen LogP contribution in [0.3, 0.4) is 0 Å². The summed E-state index contributed by atoms with van der Waals surface area (Å²) in [6.07, 6.45) is 6.32. The summed E-state index contributed by atoms with van der Waals surface area (Å²) in [7, 11) is 2.08. The molecule has 0 bridgehead atoms. The number of pyridine rings is 1. The third-order valence-corrected chi connectivity index (χ3v) is 4.94. The molecule has 0 aromatic carbocycles. The summed E-state index contributed by atoms with van der Waals surface area (Å²) >= 11 is 0. The molecule has 1 aliphatic rings. The van der Waals surface area contributed by atoms with E-state index in [9.17, 15) is 4.79 Å². The summed E-state index contributed by atoms with van der Waals surface area (Å²) in [5.74, 6) is 1.26. The van der Waals surface area contributed by atoms with Gasteiger partial charge in [0.05, 0.1) is 6.54 Å². The van der Waals surface area contributed by atoms with Gasteiger partial charge in [0, 0.05) is 31.5 Å². The van der Waals surface area contributed by atoms with Gasteiger partial charge in [-0.2, -0.15) is 0 Å². The van der Waals surface area contributed by atoms with E-state index in [0.717, 1.165) is 43.7 Å². The van der Waals surface area contributed by atoms with Gasteiger partial charge in [-0.25, -0.2) is 9.97 Å². The highest BCUT2D eigenvalue weighted by Crippen LogP contribution is 2.19. The Morgan fingerprint density at radius 2 is 2.12 bits per heavy atom. The number of amides is 1. The molecule has 0 saturated carbocycles. The first-order valence-electron chi connectivity index (χ1n) is 9.03. The largest absolute Gasteiger partial charge is 0.384 e. The van der Waals surface area contributed by atoms with Gasteiger partial charge >= 0.3 is 0 Å². The minimum absolute atomic E-state index is 0.0329. The zero-order valence-corrected chi connectivity index (χ0v) is 15.4. The fourth-order valence-electron chi connectivity index (χ4n) is 3.43. The molecule has 1 amide bonds. The Balaban J connectivity index is 1.61. The summed E-state index contributed by atoms with van der Waals surface area (Å²) in [5, 5.41) is 0. The highest BCUT2D eigenvalue weighted by Gasteiger charge is 2.25. The molecule has 3 rings (SSSR count). The van der Waals surface area contributed by atoms with Crippen molar-refractivity contribution < 1.29 is 4.79 Å². The molecule has 1 saturated heterocycles. The number of carbonyl (C=O) groups excluding carboxylic acids is 1. The maximum atomic E-state index is 12.8. The molecule has 26 heavy (non-hydrogen) atoms. The lowest BCUT2D eigenvalue weighted by Gasteiger charge is -2.26. The lowest BCUT2D eigenvalue weighted by Crippen LogP contribution is -2.35. The Bertz CT molecular complexity index is 765. The van der Waals surface area contributed by atoms with Gasteiger partial charge in [0.15, 0.2) is 0 Å². The zero-order valence-electron chi connectivity index (χ0n) is 15.4. The molecule has 0 aliphatic carbocycles. The number of nitrogens with two attached hydrogens (primary N) is 1. The Morgan fingerprint density at radius 3 is 2.88 bits per heavy atom. The Labute approximate surface area is 154 Å². The topological polar surface area (TPSA) is 88.2 Å². The Morgan fingerprint density at radius 1 is 1.27 bits per heavy atom. The second-order valence-electron chi connectivity index (χ2n) is 6.86. The van der Waals surface area contributed by atoms with Crippen LogP contribution in [-0.4, -0.2) is 56.8 Å². The van der Waals surface area contributed by atoms with Crippen molar-refractivity contribution in [2.45, 2.75) is 38.8 Å². The van der Waals surface area contributed by atoms with Crippen LogP contribution in [0.15, 0.2) is 30.6 Å². The first-order chi connectivity index (χ1) is 12.5. The van der Waals surface area contributed by atoms with Crippen LogP contribution < -0.4 is 5.73 Å². The van der Waals surface area contributed by atoms with Crippen LogP contribution in [0.2, 0.25) is 0 Å². The molecule has 138 valence electrons. The van der Waals surface area contributed by atoms with Crippen LogP contribution in [0.4, 0.5) is 5.82 Å². The number of anilines is 1. The molecule has 2 aromatic heterocycles. The van der Waals surface area contributed by atoms with Gasteiger partial charge in [-0.3, -0.25) is 14.7 Å². The monoisotopic (exact) mass is 354 g/mol. The fraction of sp³-hybridized carbons (Fsp3) is 0.474. The molecule has 1 fully saturated rings. The average molecular weight is 354 g/mol. The molecule has 0 radical (unpaired) electrons. The summed E-state index contributed by atoms with van der Waals surface area (Å²) in [4.78, 5) is 29.8. The molecule has 3 heterocycles. The van der Waals surface area contributed by atoms with Crippen LogP contribution in [0.1, 0.15) is 41.1 Å². The molecule has 2 N–H and O–H groups in total. The standard InChI is InChI=1S/C19H26N6O/c1-14-5-3-9-22-18(14)19(26)25-11-4-6-15(8-12-25)24(2)13-17-21-10-7-16(20)23-17/h3,5,7,9-10,15H,4,6,8,11-13H2,1-2H3,(H2,20,21,23)/t15-/m0/s1. The summed E-state index contributed by atoms with van der Waals surface area (Å²) in [6.45, 7) is 4.10. The van der Waals surface area contributed by atoms with Crippen molar-refractivity contribution in [1.82, 2.24) is 24.8 Å². The van der Waals surface area contributed by atoms with Crippen molar-refractivity contribution in [3.63, 3.8) is 0 Å². The van der Waals surface area contributed by atoms with Gasteiger partial charge in [0.1, 0.15) is 17.3 Å². The van der Waals surface area contributed by atoms with Crippen molar-refractivity contribution in [3.8, 4) is 0 Å². The van der Waals surface area contributed by atoms with Crippen molar-refractivity contribution in [2.24, 2.45) is 0 Å². The van der Waals surface area contributed by atoms with Crippen LogP contribution in [0.5, 0.6) is 0 Å². The van der Waals surface area contributed by atoms with E-state index in [1.807, 2.05) is 24.0 Å². The second kappa shape index (κ2) is 8.23. The van der Waals surface area contributed by atoms with Gasteiger partial charge in [-0.15, -0.1) is 0 Å². The number of nitrogens with zero attached hydrogens (tertiary/aromatic N) is 5. The van der Waals surface area contributed by atoms with Crippen LogP contribution in [0.25, 0.3) is 0 Å².